The van der Waals surface area contributed by atoms with Crippen LogP contribution in [-0.4, -0.2) is 27.6 Å². The van der Waals surface area contributed by atoms with Gasteiger partial charge >= 0.3 is 0 Å². The number of nitrogens with one attached hydrogen (secondary N) is 1. The predicted octanol–water partition coefficient (Wildman–Crippen LogP) is 1.90. The largest absolute Gasteiger partial charge is 0.313 e. The van der Waals surface area contributed by atoms with E-state index >= 15 is 0 Å². The Labute approximate surface area is 73.8 Å². The molecule has 3 nitrogen and oxygen atoms in total. The summed E-state index contributed by atoms with van der Waals surface area (Å²) in [6.45, 7) is 7.94. The molecule has 0 saturated carbocycles. The monoisotopic (exact) mass is 170 g/mol. The molecule has 0 bridgehead atoms. The van der Waals surface area contributed by atoms with Crippen LogP contribution in [0.2, 0.25) is 0 Å². The van der Waals surface area contributed by atoms with Gasteiger partial charge in [0.15, 0.2) is 0 Å². The van der Waals surface area contributed by atoms with Gasteiger partial charge in [0.05, 0.1) is 0 Å². The molecule has 1 fully saturated rings. The molecule has 1 aliphatic rings. The standard InChI is InChI=1S/C9H18N2O/c1-8(2)5-7(6-10)9(3,4)11(8)12/h6-7,10,12H,5H2,1-4H3. The second-order valence-electron chi connectivity index (χ2n) is 4.76. The van der Waals surface area contributed by atoms with Crippen molar-refractivity contribution in [3.8, 4) is 0 Å². The third-order valence-corrected chi connectivity index (χ3v) is 2.95. The van der Waals surface area contributed by atoms with E-state index in [1.807, 2.05) is 27.7 Å². The molecule has 1 atom stereocenters. The highest BCUT2D eigenvalue weighted by molar-refractivity contribution is 5.60. The fraction of sp³-hybridized carbons (Fsp3) is 0.889. The molecule has 12 heavy (non-hydrogen) atoms. The first-order valence-electron chi connectivity index (χ1n) is 4.32. The average Bonchev–Trinajstić information content (AvgIpc) is 2.11. The van der Waals surface area contributed by atoms with Crippen LogP contribution < -0.4 is 0 Å². The fourth-order valence-corrected chi connectivity index (χ4v) is 2.07. The lowest BCUT2D eigenvalue weighted by Crippen LogP contribution is -2.47. The van der Waals surface area contributed by atoms with Gasteiger partial charge < -0.3 is 10.6 Å². The zero-order valence-corrected chi connectivity index (χ0v) is 8.26. The van der Waals surface area contributed by atoms with Crippen molar-refractivity contribution in [2.45, 2.75) is 45.2 Å². The minimum atomic E-state index is -0.300. The maximum absolute atomic E-state index is 9.82. The predicted molar refractivity (Wildman–Crippen MR) is 48.7 cm³/mol. The van der Waals surface area contributed by atoms with E-state index in [1.54, 1.807) is 0 Å². The first-order valence-corrected chi connectivity index (χ1v) is 4.32. The van der Waals surface area contributed by atoms with Crippen LogP contribution in [0.5, 0.6) is 0 Å². The number of hydroxylamine groups is 2. The number of rotatable bonds is 1. The smallest absolute Gasteiger partial charge is 0.0488 e. The van der Waals surface area contributed by atoms with Gasteiger partial charge in [-0.15, -0.1) is 0 Å². The van der Waals surface area contributed by atoms with Crippen LogP contribution in [0.3, 0.4) is 0 Å². The van der Waals surface area contributed by atoms with Crippen molar-refractivity contribution in [3.05, 3.63) is 0 Å². The molecule has 0 aromatic carbocycles. The Morgan fingerprint density at radius 1 is 1.42 bits per heavy atom. The number of nitrogens with zero attached hydrogens (tertiary/aromatic N) is 1. The van der Waals surface area contributed by atoms with E-state index in [2.05, 4.69) is 0 Å². The number of hydrogen-bond donors (Lipinski definition) is 2. The van der Waals surface area contributed by atoms with Gasteiger partial charge in [-0.05, 0) is 34.1 Å². The van der Waals surface area contributed by atoms with Crippen molar-refractivity contribution in [2.24, 2.45) is 5.92 Å². The highest BCUT2D eigenvalue weighted by Crippen LogP contribution is 2.42. The van der Waals surface area contributed by atoms with Crippen molar-refractivity contribution in [1.82, 2.24) is 5.06 Å². The Kier molecular flexibility index (Phi) is 2.05. The van der Waals surface area contributed by atoms with Crippen molar-refractivity contribution in [1.29, 1.82) is 5.41 Å². The Morgan fingerprint density at radius 3 is 2.08 bits per heavy atom. The van der Waals surface area contributed by atoms with Gasteiger partial charge in [0.25, 0.3) is 0 Å². The Bertz CT molecular complexity index is 199. The SMILES string of the molecule is CC1(C)CC(C=N)C(C)(C)N1O. The molecule has 1 aliphatic heterocycles. The van der Waals surface area contributed by atoms with Gasteiger partial charge in [-0.25, -0.2) is 0 Å². The Hall–Kier alpha value is -0.410. The lowest BCUT2D eigenvalue weighted by molar-refractivity contribution is -0.194. The summed E-state index contributed by atoms with van der Waals surface area (Å²) in [5, 5.41) is 18.5. The normalized spacial score (nSPS) is 33.6. The Morgan fingerprint density at radius 2 is 1.92 bits per heavy atom. The molecule has 1 heterocycles. The lowest BCUT2D eigenvalue weighted by atomic mass is 9.88. The molecule has 2 N–H and O–H groups in total. The molecule has 0 radical (unpaired) electrons. The molecule has 0 amide bonds. The molecular formula is C9H18N2O. The zero-order valence-electron chi connectivity index (χ0n) is 8.26. The van der Waals surface area contributed by atoms with Crippen LogP contribution in [0.1, 0.15) is 34.1 Å². The van der Waals surface area contributed by atoms with Gasteiger partial charge in [0, 0.05) is 23.2 Å². The molecule has 0 spiro atoms. The maximum atomic E-state index is 9.82. The molecule has 1 rings (SSSR count). The van der Waals surface area contributed by atoms with Gasteiger partial charge in [-0.3, -0.25) is 0 Å². The molecule has 0 aromatic heterocycles. The van der Waals surface area contributed by atoms with Crippen LogP contribution in [0.4, 0.5) is 0 Å². The van der Waals surface area contributed by atoms with Crippen molar-refractivity contribution >= 4 is 6.21 Å². The van der Waals surface area contributed by atoms with E-state index in [1.165, 1.54) is 11.3 Å². The van der Waals surface area contributed by atoms with E-state index in [9.17, 15) is 5.21 Å². The summed E-state index contributed by atoms with van der Waals surface area (Å²) in [5.41, 5.74) is -0.503. The van der Waals surface area contributed by atoms with E-state index in [4.69, 9.17) is 5.41 Å². The van der Waals surface area contributed by atoms with Gasteiger partial charge in [0.2, 0.25) is 0 Å². The highest BCUT2D eigenvalue weighted by Gasteiger charge is 2.50. The molecule has 0 aromatic rings. The third kappa shape index (κ3) is 1.17. The summed E-state index contributed by atoms with van der Waals surface area (Å²) in [7, 11) is 0. The van der Waals surface area contributed by atoms with E-state index < -0.39 is 0 Å². The lowest BCUT2D eigenvalue weighted by Gasteiger charge is -2.35. The summed E-state index contributed by atoms with van der Waals surface area (Å²) in [6.07, 6.45) is 2.29. The zero-order chi connectivity index (χ0) is 9.57. The van der Waals surface area contributed by atoms with Gasteiger partial charge in [-0.2, -0.15) is 5.06 Å². The van der Waals surface area contributed by atoms with Crippen LogP contribution in [0.15, 0.2) is 0 Å². The van der Waals surface area contributed by atoms with E-state index in [0.29, 0.717) is 0 Å². The summed E-state index contributed by atoms with van der Waals surface area (Å²) >= 11 is 0. The van der Waals surface area contributed by atoms with Crippen molar-refractivity contribution < 1.29 is 5.21 Å². The second-order valence-corrected chi connectivity index (χ2v) is 4.76. The topological polar surface area (TPSA) is 47.3 Å². The van der Waals surface area contributed by atoms with Gasteiger partial charge in [0.1, 0.15) is 0 Å². The molecular weight excluding hydrogens is 152 g/mol. The minimum absolute atomic E-state index is 0.150. The second kappa shape index (κ2) is 2.54. The first-order chi connectivity index (χ1) is 5.32. The van der Waals surface area contributed by atoms with Gasteiger partial charge in [-0.1, -0.05) is 0 Å². The van der Waals surface area contributed by atoms with E-state index in [0.717, 1.165) is 6.42 Å². The quantitative estimate of drug-likeness (QED) is 0.590. The summed E-state index contributed by atoms with van der Waals surface area (Å²) in [6, 6.07) is 0. The van der Waals surface area contributed by atoms with E-state index in [-0.39, 0.29) is 17.0 Å². The molecule has 1 unspecified atom stereocenters. The maximum Gasteiger partial charge on any atom is 0.0488 e. The summed E-state index contributed by atoms with van der Waals surface area (Å²) in [4.78, 5) is 0. The molecule has 1 saturated heterocycles. The number of hydrogen-bond acceptors (Lipinski definition) is 3. The summed E-state index contributed by atoms with van der Waals surface area (Å²) < 4.78 is 0. The van der Waals surface area contributed by atoms with Crippen LogP contribution >= 0.6 is 0 Å². The molecule has 70 valence electrons. The summed E-state index contributed by atoms with van der Waals surface area (Å²) in [5.74, 6) is 0.150. The average molecular weight is 170 g/mol. The Balaban J connectivity index is 2.95. The van der Waals surface area contributed by atoms with Crippen LogP contribution in [0, 0.1) is 11.3 Å². The first kappa shape index (κ1) is 9.68. The van der Waals surface area contributed by atoms with Crippen LogP contribution in [0.25, 0.3) is 0 Å². The highest BCUT2D eigenvalue weighted by atomic mass is 16.5. The third-order valence-electron chi connectivity index (χ3n) is 2.95. The van der Waals surface area contributed by atoms with Crippen molar-refractivity contribution in [3.63, 3.8) is 0 Å². The molecule has 3 heteroatoms. The van der Waals surface area contributed by atoms with Crippen LogP contribution in [-0.2, 0) is 0 Å². The van der Waals surface area contributed by atoms with Crippen molar-refractivity contribution in [2.75, 3.05) is 0 Å². The molecule has 0 aliphatic carbocycles. The fourth-order valence-electron chi connectivity index (χ4n) is 2.07. The minimum Gasteiger partial charge on any atom is -0.313 e.